The number of ether oxygens (including phenoxy) is 2. The number of nitrogens with one attached hydrogen (secondary N) is 1. The smallest absolute Gasteiger partial charge is 0.493 e. The summed E-state index contributed by atoms with van der Waals surface area (Å²) in [5.41, 5.74) is 1.23. The Morgan fingerprint density at radius 3 is 2.06 bits per heavy atom. The lowest BCUT2D eigenvalue weighted by Gasteiger charge is -2.32. The number of anilines is 1. The molecule has 3 rings (SSSR count). The standard InChI is InChI=1S/C28H41BN2O5/c1-19(2)31(20(3)4)16-17-34-25-18-23(14-15-24(25)33-9)30-26(32)21-10-12-22(13-11-21)29-35-27(5,6)28(7,8)36-29/h10-15,18-20H,16-17H2,1-9H3,(H,30,32). The largest absolute Gasteiger partial charge is 0.494 e. The lowest BCUT2D eigenvalue weighted by Crippen LogP contribution is -2.41. The van der Waals surface area contributed by atoms with Gasteiger partial charge < -0.3 is 24.1 Å². The van der Waals surface area contributed by atoms with Crippen LogP contribution in [-0.2, 0) is 9.31 Å². The van der Waals surface area contributed by atoms with Crippen molar-refractivity contribution >= 4 is 24.2 Å². The van der Waals surface area contributed by atoms with Crippen molar-refractivity contribution < 1.29 is 23.6 Å². The quantitative estimate of drug-likeness (QED) is 0.479. The summed E-state index contributed by atoms with van der Waals surface area (Å²) in [7, 11) is 1.15. The van der Waals surface area contributed by atoms with Crippen LogP contribution >= 0.6 is 0 Å². The molecule has 1 aliphatic rings. The molecule has 0 radical (unpaired) electrons. The summed E-state index contributed by atoms with van der Waals surface area (Å²) in [5.74, 6) is 1.01. The normalized spacial score (nSPS) is 16.6. The molecule has 0 spiro atoms. The van der Waals surface area contributed by atoms with Gasteiger partial charge in [0.1, 0.15) is 6.61 Å². The Labute approximate surface area is 216 Å². The molecular weight excluding hydrogens is 455 g/mol. The third-order valence-electron chi connectivity index (χ3n) is 7.05. The Balaban J connectivity index is 1.65. The molecule has 0 aliphatic carbocycles. The second kappa shape index (κ2) is 11.2. The van der Waals surface area contributed by atoms with Gasteiger partial charge in [-0.15, -0.1) is 0 Å². The Hall–Kier alpha value is -2.55. The van der Waals surface area contributed by atoms with Crippen LogP contribution in [-0.4, -0.2) is 61.5 Å². The van der Waals surface area contributed by atoms with Gasteiger partial charge in [0, 0.05) is 35.9 Å². The average molecular weight is 496 g/mol. The van der Waals surface area contributed by atoms with Gasteiger partial charge in [0.15, 0.2) is 11.5 Å². The Kier molecular flexibility index (Phi) is 8.75. The van der Waals surface area contributed by atoms with Gasteiger partial charge in [0.05, 0.1) is 18.3 Å². The van der Waals surface area contributed by atoms with Crippen molar-refractivity contribution in [1.29, 1.82) is 0 Å². The zero-order valence-electron chi connectivity index (χ0n) is 23.2. The third kappa shape index (κ3) is 6.41. The molecule has 8 heteroatoms. The van der Waals surface area contributed by atoms with Crippen LogP contribution in [0.5, 0.6) is 11.5 Å². The van der Waals surface area contributed by atoms with Gasteiger partial charge in [-0.05, 0) is 85.1 Å². The highest BCUT2D eigenvalue weighted by molar-refractivity contribution is 6.62. The maximum atomic E-state index is 12.9. The fourth-order valence-corrected chi connectivity index (χ4v) is 4.21. The van der Waals surface area contributed by atoms with Gasteiger partial charge in [-0.25, -0.2) is 0 Å². The van der Waals surface area contributed by atoms with Gasteiger partial charge in [-0.3, -0.25) is 9.69 Å². The predicted octanol–water partition coefficient (Wildman–Crippen LogP) is 4.74. The number of carbonyl (C=O) groups excluding carboxylic acids is 1. The van der Waals surface area contributed by atoms with Crippen LogP contribution in [0.4, 0.5) is 5.69 Å². The molecule has 1 saturated heterocycles. The van der Waals surface area contributed by atoms with Crippen LogP contribution in [0, 0.1) is 0 Å². The van der Waals surface area contributed by atoms with E-state index < -0.39 is 18.3 Å². The fourth-order valence-electron chi connectivity index (χ4n) is 4.21. The molecule has 2 aromatic rings. The summed E-state index contributed by atoms with van der Waals surface area (Å²) in [6, 6.07) is 13.6. The van der Waals surface area contributed by atoms with Gasteiger partial charge >= 0.3 is 7.12 Å². The van der Waals surface area contributed by atoms with E-state index in [9.17, 15) is 4.79 Å². The molecule has 1 amide bonds. The molecule has 196 valence electrons. The lowest BCUT2D eigenvalue weighted by molar-refractivity contribution is 0.00578. The summed E-state index contributed by atoms with van der Waals surface area (Å²) >= 11 is 0. The third-order valence-corrected chi connectivity index (χ3v) is 7.05. The fraction of sp³-hybridized carbons (Fsp3) is 0.536. The summed E-state index contributed by atoms with van der Waals surface area (Å²) in [5, 5.41) is 2.95. The molecule has 2 aromatic carbocycles. The van der Waals surface area contributed by atoms with Crippen LogP contribution in [0.3, 0.4) is 0 Å². The number of benzene rings is 2. The molecule has 36 heavy (non-hydrogen) atoms. The van der Waals surface area contributed by atoms with Crippen molar-refractivity contribution in [2.75, 3.05) is 25.6 Å². The van der Waals surface area contributed by atoms with Gasteiger partial charge in [0.25, 0.3) is 5.91 Å². The van der Waals surface area contributed by atoms with E-state index in [4.69, 9.17) is 18.8 Å². The Bertz CT molecular complexity index is 1010. The molecule has 0 atom stereocenters. The topological polar surface area (TPSA) is 69.3 Å². The predicted molar refractivity (Wildman–Crippen MR) is 146 cm³/mol. The van der Waals surface area contributed by atoms with Crippen LogP contribution in [0.1, 0.15) is 65.7 Å². The van der Waals surface area contributed by atoms with E-state index in [0.717, 1.165) is 12.0 Å². The van der Waals surface area contributed by atoms with Crippen molar-refractivity contribution in [3.05, 3.63) is 48.0 Å². The molecule has 0 aromatic heterocycles. The first-order chi connectivity index (χ1) is 16.8. The monoisotopic (exact) mass is 496 g/mol. The van der Waals surface area contributed by atoms with E-state index in [2.05, 4.69) is 37.9 Å². The minimum Gasteiger partial charge on any atom is -0.493 e. The van der Waals surface area contributed by atoms with Gasteiger partial charge in [-0.1, -0.05) is 12.1 Å². The Morgan fingerprint density at radius 2 is 1.53 bits per heavy atom. The van der Waals surface area contributed by atoms with E-state index in [1.165, 1.54) is 0 Å². The van der Waals surface area contributed by atoms with E-state index in [0.29, 0.717) is 41.4 Å². The average Bonchev–Trinajstić information content (AvgIpc) is 3.03. The number of amides is 1. The maximum absolute atomic E-state index is 12.9. The van der Waals surface area contributed by atoms with Crippen molar-refractivity contribution in [1.82, 2.24) is 4.90 Å². The molecule has 1 aliphatic heterocycles. The van der Waals surface area contributed by atoms with Gasteiger partial charge in [-0.2, -0.15) is 0 Å². The number of rotatable bonds is 10. The lowest BCUT2D eigenvalue weighted by atomic mass is 9.79. The van der Waals surface area contributed by atoms with Crippen LogP contribution in [0.25, 0.3) is 0 Å². The molecule has 0 unspecified atom stereocenters. The number of nitrogens with zero attached hydrogens (tertiary/aromatic N) is 1. The maximum Gasteiger partial charge on any atom is 0.494 e. The second-order valence-electron chi connectivity index (χ2n) is 10.8. The zero-order valence-corrected chi connectivity index (χ0v) is 23.2. The summed E-state index contributed by atoms with van der Waals surface area (Å²) < 4.78 is 23.7. The number of methoxy groups -OCH3 is 1. The van der Waals surface area contributed by atoms with Crippen LogP contribution in [0.2, 0.25) is 0 Å². The van der Waals surface area contributed by atoms with Gasteiger partial charge in [0.2, 0.25) is 0 Å². The Morgan fingerprint density at radius 1 is 0.944 bits per heavy atom. The summed E-state index contributed by atoms with van der Waals surface area (Å²) in [6.07, 6.45) is 0. The second-order valence-corrected chi connectivity index (χ2v) is 10.8. The van der Waals surface area contributed by atoms with E-state index in [-0.39, 0.29) is 5.91 Å². The first kappa shape index (κ1) is 28.0. The zero-order chi connectivity index (χ0) is 26.7. The summed E-state index contributed by atoms with van der Waals surface area (Å²) in [6.45, 7) is 18.1. The van der Waals surface area contributed by atoms with Crippen LogP contribution in [0.15, 0.2) is 42.5 Å². The molecule has 1 fully saturated rings. The van der Waals surface area contributed by atoms with E-state index >= 15 is 0 Å². The van der Waals surface area contributed by atoms with E-state index in [1.54, 1.807) is 37.4 Å². The van der Waals surface area contributed by atoms with Crippen LogP contribution < -0.4 is 20.3 Å². The molecule has 0 bridgehead atoms. The van der Waals surface area contributed by atoms with Crippen molar-refractivity contribution in [2.45, 2.75) is 78.7 Å². The highest BCUT2D eigenvalue weighted by atomic mass is 16.7. The minimum absolute atomic E-state index is 0.211. The summed E-state index contributed by atoms with van der Waals surface area (Å²) in [4.78, 5) is 15.3. The molecule has 1 N–H and O–H groups in total. The highest BCUT2D eigenvalue weighted by Crippen LogP contribution is 2.36. The first-order valence-corrected chi connectivity index (χ1v) is 12.7. The van der Waals surface area contributed by atoms with Crippen molar-refractivity contribution in [3.63, 3.8) is 0 Å². The van der Waals surface area contributed by atoms with Crippen molar-refractivity contribution in [3.8, 4) is 11.5 Å². The molecule has 1 heterocycles. The molecular formula is C28H41BN2O5. The minimum atomic E-state index is -0.462. The molecule has 7 nitrogen and oxygen atoms in total. The van der Waals surface area contributed by atoms with Crippen molar-refractivity contribution in [2.24, 2.45) is 0 Å². The number of hydrogen-bond acceptors (Lipinski definition) is 6. The first-order valence-electron chi connectivity index (χ1n) is 12.7. The number of carbonyl (C=O) groups is 1. The van der Waals surface area contributed by atoms with E-state index in [1.807, 2.05) is 39.8 Å². The molecule has 0 saturated carbocycles. The highest BCUT2D eigenvalue weighted by Gasteiger charge is 2.51. The number of hydrogen-bond donors (Lipinski definition) is 1. The SMILES string of the molecule is COc1ccc(NC(=O)c2ccc(B3OC(C)(C)C(C)(C)O3)cc2)cc1OCCN(C(C)C)C(C)C.